The van der Waals surface area contributed by atoms with Crippen molar-refractivity contribution in [1.29, 1.82) is 0 Å². The minimum absolute atomic E-state index is 0. The first-order valence-corrected chi connectivity index (χ1v) is 18.7. The Labute approximate surface area is 222 Å². The van der Waals surface area contributed by atoms with Crippen LogP contribution in [-0.2, 0) is 23.0 Å². The Morgan fingerprint density at radius 3 is 1.25 bits per heavy atom. The summed E-state index contributed by atoms with van der Waals surface area (Å²) in [6.07, 6.45) is 15.6. The van der Waals surface area contributed by atoms with Gasteiger partial charge in [0.25, 0.3) is 0 Å². The average molecular weight is 646 g/mol. The molecule has 0 aromatic heterocycles. The van der Waals surface area contributed by atoms with Crippen molar-refractivity contribution in [1.82, 2.24) is 0 Å². The van der Waals surface area contributed by atoms with Crippen LogP contribution >= 0.6 is 0 Å². The molecule has 0 N–H and O–H groups in total. The molecule has 0 aliphatic heterocycles. The Morgan fingerprint density at radius 2 is 1.00 bits per heavy atom. The first kappa shape index (κ1) is 31.1. The van der Waals surface area contributed by atoms with Crippen LogP contribution in [0.1, 0.15) is 50.7 Å². The van der Waals surface area contributed by atoms with Gasteiger partial charge in [0.1, 0.15) is 0 Å². The van der Waals surface area contributed by atoms with Crippen molar-refractivity contribution in [3.8, 4) is 0 Å². The fourth-order valence-electron chi connectivity index (χ4n) is 3.09. The Morgan fingerprint density at radius 1 is 0.688 bits per heavy atom. The van der Waals surface area contributed by atoms with Crippen molar-refractivity contribution in [2.45, 2.75) is 52.6 Å². The molecular weight excluding hydrogens is 614 g/mol. The molecule has 2 aromatic carbocycles. The normalized spacial score (nSPS) is 13.4. The van der Waals surface area contributed by atoms with Crippen LogP contribution in [0.3, 0.4) is 0 Å². The average Bonchev–Trinajstić information content (AvgIpc) is 3.45. The molecule has 0 nitrogen and oxygen atoms in total. The van der Waals surface area contributed by atoms with E-state index in [-0.39, 0.29) is 30.3 Å². The van der Waals surface area contributed by atoms with Gasteiger partial charge in [0, 0.05) is 0 Å². The first-order chi connectivity index (χ1) is 14.5. The minimum Gasteiger partial charge on any atom is -1.00 e. The number of benzene rings is 2. The number of hydrogen-bond donors (Lipinski definition) is 0. The smallest absolute Gasteiger partial charge is 1.00 e. The van der Waals surface area contributed by atoms with Gasteiger partial charge in [-0.1, -0.05) is 63.1 Å². The van der Waals surface area contributed by atoms with Crippen molar-refractivity contribution in [3.63, 3.8) is 0 Å². The van der Waals surface area contributed by atoms with Crippen LogP contribution in [-0.4, -0.2) is 5.49 Å². The maximum absolute atomic E-state index is 3.40. The minimum atomic E-state index is 0. The quantitative estimate of drug-likeness (QED) is 0.353. The van der Waals surface area contributed by atoms with Crippen molar-refractivity contribution in [2.75, 3.05) is 0 Å². The van der Waals surface area contributed by atoms with E-state index in [2.05, 4.69) is 99.8 Å². The van der Waals surface area contributed by atoms with Crippen molar-refractivity contribution in [3.05, 3.63) is 107 Å². The summed E-state index contributed by atoms with van der Waals surface area (Å²) in [5.41, 5.74) is 8.32. The summed E-state index contributed by atoms with van der Waals surface area (Å²) in [5, 5.41) is 0. The fourth-order valence-corrected chi connectivity index (χ4v) is 3.09. The molecule has 2 aromatic rings. The summed E-state index contributed by atoms with van der Waals surface area (Å²) in [5.74, 6) is 0. The predicted octanol–water partition coefficient (Wildman–Crippen LogP) is 2.02. The van der Waals surface area contributed by atoms with E-state index in [1.807, 2.05) is 12.1 Å². The Balaban J connectivity index is 0.000000490. The van der Waals surface area contributed by atoms with Gasteiger partial charge in [0.15, 0.2) is 0 Å². The molecule has 2 aliphatic rings. The SMILES string of the molecule is CCC1=CC(c2ccccc2)=[C-]C1.CCC1=CC(c2ccccc2)=[C-]C1.C[Si](C)=[Hf+2].[Cl-].[Cl-]. The number of rotatable bonds is 4. The zero-order valence-corrected chi connectivity index (χ0v) is 25.6. The van der Waals surface area contributed by atoms with Crippen LogP contribution < -0.4 is 24.8 Å². The van der Waals surface area contributed by atoms with E-state index in [0.29, 0.717) is 0 Å². The fraction of sp³-hybridized carbons (Fsp3) is 0.286. The molecule has 0 saturated heterocycles. The van der Waals surface area contributed by atoms with E-state index in [4.69, 9.17) is 0 Å². The zero-order valence-electron chi connectivity index (χ0n) is 19.5. The molecule has 168 valence electrons. The maximum atomic E-state index is 3.40. The summed E-state index contributed by atoms with van der Waals surface area (Å²) in [7, 11) is 0. The summed E-state index contributed by atoms with van der Waals surface area (Å²) < 4.78 is 0. The molecule has 0 unspecified atom stereocenters. The van der Waals surface area contributed by atoms with Crippen molar-refractivity contribution >= 4 is 16.6 Å². The molecule has 0 fully saturated rings. The molecule has 0 spiro atoms. The van der Waals surface area contributed by atoms with Gasteiger partial charge < -0.3 is 24.8 Å². The van der Waals surface area contributed by atoms with Crippen LogP contribution in [0.4, 0.5) is 0 Å². The summed E-state index contributed by atoms with van der Waals surface area (Å²) in [6, 6.07) is 20.9. The van der Waals surface area contributed by atoms with Crippen LogP contribution in [0.15, 0.2) is 84.0 Å². The van der Waals surface area contributed by atoms with Crippen molar-refractivity contribution in [2.24, 2.45) is 0 Å². The zero-order chi connectivity index (χ0) is 21.8. The summed E-state index contributed by atoms with van der Waals surface area (Å²) in [4.78, 5) is 0. The van der Waals surface area contributed by atoms with E-state index >= 15 is 0 Å². The monoisotopic (exact) mass is 646 g/mol. The van der Waals surface area contributed by atoms with E-state index < -0.39 is 0 Å². The molecule has 0 atom stereocenters. The summed E-state index contributed by atoms with van der Waals surface area (Å²) in [6.45, 7) is 9.05. The number of halogens is 2. The molecule has 32 heavy (non-hydrogen) atoms. The van der Waals surface area contributed by atoms with Crippen molar-refractivity contribution < 1.29 is 47.8 Å². The largest absolute Gasteiger partial charge is 1.00 e. The van der Waals surface area contributed by atoms with E-state index in [1.54, 1.807) is 0 Å². The summed E-state index contributed by atoms with van der Waals surface area (Å²) >= 11 is 1.45. The molecule has 0 heterocycles. The third kappa shape index (κ3) is 11.3. The van der Waals surface area contributed by atoms with Gasteiger partial charge in [0.2, 0.25) is 0 Å². The predicted molar refractivity (Wildman–Crippen MR) is 130 cm³/mol. The topological polar surface area (TPSA) is 0 Å². The van der Waals surface area contributed by atoms with Crippen LogP contribution in [0, 0.1) is 12.2 Å². The number of hydrogen-bond acceptors (Lipinski definition) is 0. The second-order valence-corrected chi connectivity index (χ2v) is 20.4. The van der Waals surface area contributed by atoms with Gasteiger partial charge in [-0.05, 0) is 12.8 Å². The third-order valence-corrected chi connectivity index (χ3v) is 4.79. The Bertz CT molecular complexity index is 864. The van der Waals surface area contributed by atoms with Gasteiger partial charge in [-0.15, -0.1) is 46.5 Å². The van der Waals surface area contributed by atoms with Gasteiger partial charge >= 0.3 is 41.6 Å². The van der Waals surface area contributed by atoms with Gasteiger partial charge in [-0.25, -0.2) is 0 Å². The second-order valence-electron chi connectivity index (χ2n) is 7.58. The molecule has 4 heteroatoms. The Hall–Kier alpha value is -0.933. The Kier molecular flexibility index (Phi) is 17.0. The maximum Gasteiger partial charge on any atom is -1.00 e. The van der Waals surface area contributed by atoms with Gasteiger partial charge in [-0.3, -0.25) is 0 Å². The van der Waals surface area contributed by atoms with E-state index in [9.17, 15) is 0 Å². The third-order valence-electron chi connectivity index (χ3n) is 4.79. The van der Waals surface area contributed by atoms with E-state index in [0.717, 1.165) is 25.7 Å². The van der Waals surface area contributed by atoms with E-state index in [1.165, 1.54) is 56.4 Å². The molecule has 4 rings (SSSR count). The van der Waals surface area contributed by atoms with Gasteiger partial charge in [-0.2, -0.15) is 35.5 Å². The second kappa shape index (κ2) is 17.5. The molecule has 2 aliphatic carbocycles. The van der Waals surface area contributed by atoms with Crippen LogP contribution in [0.25, 0.3) is 11.1 Å². The molecule has 0 bridgehead atoms. The first-order valence-electron chi connectivity index (χ1n) is 10.8. The standard InChI is InChI=1S/2C13H13.C2H6Si.2ClH.Hf/c2*1-2-11-8-9-13(10-11)12-6-4-3-5-7-12;1-3-2;;;/h2*3-7,10H,2,8H2,1H3;1-2H3;2*1H;/q2*-1;;;;+2/p-2. The van der Waals surface area contributed by atoms with Gasteiger partial charge in [0.05, 0.1) is 0 Å². The molecule has 0 saturated carbocycles. The molecule has 0 amide bonds. The molecule has 0 radical (unpaired) electrons. The molecular formula is C28H32Cl2HfSi-2. The number of allylic oxidation sites excluding steroid dienone is 8. The van der Waals surface area contributed by atoms with Crippen LogP contribution in [0.2, 0.25) is 13.1 Å². The van der Waals surface area contributed by atoms with Crippen LogP contribution in [0.5, 0.6) is 0 Å².